The molecule has 2 fully saturated rings. The van der Waals surface area contributed by atoms with Crippen LogP contribution in [0.3, 0.4) is 0 Å². The van der Waals surface area contributed by atoms with Gasteiger partial charge in [0.25, 0.3) is 0 Å². The fraction of sp³-hybridized carbons (Fsp3) is 0.933. The Hall–Kier alpha value is -0.570. The van der Waals surface area contributed by atoms with Crippen LogP contribution in [0.1, 0.15) is 58.3 Å². The van der Waals surface area contributed by atoms with E-state index in [0.717, 1.165) is 18.8 Å². The molecule has 2 aliphatic carbocycles. The van der Waals surface area contributed by atoms with Crippen LogP contribution in [0.15, 0.2) is 0 Å². The van der Waals surface area contributed by atoms with Gasteiger partial charge in [-0.2, -0.15) is 0 Å². The van der Waals surface area contributed by atoms with Gasteiger partial charge in [-0.1, -0.05) is 26.2 Å². The van der Waals surface area contributed by atoms with E-state index in [1.54, 1.807) is 0 Å². The molecule has 1 amide bonds. The minimum atomic E-state index is 0.257. The quantitative estimate of drug-likeness (QED) is 0.839. The fourth-order valence-electron chi connectivity index (χ4n) is 3.64. The summed E-state index contributed by atoms with van der Waals surface area (Å²) < 4.78 is 0. The summed E-state index contributed by atoms with van der Waals surface area (Å²) in [6, 6.07) is 0.728. The van der Waals surface area contributed by atoms with Crippen molar-refractivity contribution >= 4 is 5.91 Å². The minimum Gasteiger partial charge on any atom is -0.343 e. The summed E-state index contributed by atoms with van der Waals surface area (Å²) in [4.78, 5) is 14.3. The Kier molecular flexibility index (Phi) is 4.66. The first-order valence-electron chi connectivity index (χ1n) is 7.59. The SMILES string of the molecule is CC1CCCC(N(C)C(=O)C[C@@H]2CCC[C@H]2N)C1. The van der Waals surface area contributed by atoms with Crippen molar-refractivity contribution in [2.24, 2.45) is 17.6 Å². The Morgan fingerprint density at radius 1 is 1.22 bits per heavy atom. The van der Waals surface area contributed by atoms with Gasteiger partial charge in [0.1, 0.15) is 0 Å². The van der Waals surface area contributed by atoms with Crippen LogP contribution < -0.4 is 5.73 Å². The molecule has 0 bridgehead atoms. The van der Waals surface area contributed by atoms with Gasteiger partial charge in [-0.05, 0) is 37.5 Å². The van der Waals surface area contributed by atoms with E-state index >= 15 is 0 Å². The Bertz CT molecular complexity index is 292. The second-order valence-electron chi connectivity index (χ2n) is 6.49. The fourth-order valence-corrected chi connectivity index (χ4v) is 3.64. The van der Waals surface area contributed by atoms with E-state index in [-0.39, 0.29) is 6.04 Å². The molecule has 2 rings (SSSR count). The molecule has 3 heteroatoms. The van der Waals surface area contributed by atoms with Gasteiger partial charge < -0.3 is 10.6 Å². The Balaban J connectivity index is 1.84. The Morgan fingerprint density at radius 3 is 2.56 bits per heavy atom. The number of hydrogen-bond donors (Lipinski definition) is 1. The van der Waals surface area contributed by atoms with E-state index in [2.05, 4.69) is 6.92 Å². The van der Waals surface area contributed by atoms with Crippen molar-refractivity contribution in [2.75, 3.05) is 7.05 Å². The maximum Gasteiger partial charge on any atom is 0.222 e. The molecule has 18 heavy (non-hydrogen) atoms. The van der Waals surface area contributed by atoms with Crippen molar-refractivity contribution in [3.63, 3.8) is 0 Å². The summed E-state index contributed by atoms with van der Waals surface area (Å²) in [5.74, 6) is 1.52. The zero-order chi connectivity index (χ0) is 13.1. The zero-order valence-electron chi connectivity index (χ0n) is 11.9. The predicted molar refractivity (Wildman–Crippen MR) is 74.1 cm³/mol. The van der Waals surface area contributed by atoms with E-state index in [1.807, 2.05) is 11.9 Å². The molecule has 0 aromatic heterocycles. The van der Waals surface area contributed by atoms with Crippen LogP contribution in [0, 0.1) is 11.8 Å². The molecular formula is C15H28N2O. The highest BCUT2D eigenvalue weighted by atomic mass is 16.2. The van der Waals surface area contributed by atoms with Crippen molar-refractivity contribution in [3.05, 3.63) is 0 Å². The summed E-state index contributed by atoms with van der Waals surface area (Å²) >= 11 is 0. The van der Waals surface area contributed by atoms with E-state index in [4.69, 9.17) is 5.73 Å². The van der Waals surface area contributed by atoms with Crippen LogP contribution in [0.4, 0.5) is 0 Å². The summed E-state index contributed by atoms with van der Waals surface area (Å²) in [6.45, 7) is 2.30. The Labute approximate surface area is 111 Å². The first kappa shape index (κ1) is 13.9. The topological polar surface area (TPSA) is 46.3 Å². The lowest BCUT2D eigenvalue weighted by Crippen LogP contribution is -2.41. The molecule has 4 atom stereocenters. The van der Waals surface area contributed by atoms with Gasteiger partial charge in [0.15, 0.2) is 0 Å². The molecule has 0 aromatic rings. The summed E-state index contributed by atoms with van der Waals surface area (Å²) in [7, 11) is 1.99. The van der Waals surface area contributed by atoms with Gasteiger partial charge in [0, 0.05) is 25.6 Å². The van der Waals surface area contributed by atoms with E-state index in [9.17, 15) is 4.79 Å². The van der Waals surface area contributed by atoms with Crippen LogP contribution in [-0.2, 0) is 4.79 Å². The van der Waals surface area contributed by atoms with Gasteiger partial charge in [0.05, 0.1) is 0 Å². The van der Waals surface area contributed by atoms with Crippen LogP contribution in [0.5, 0.6) is 0 Å². The van der Waals surface area contributed by atoms with Gasteiger partial charge in [-0.15, -0.1) is 0 Å². The molecule has 2 unspecified atom stereocenters. The van der Waals surface area contributed by atoms with Gasteiger partial charge in [-0.3, -0.25) is 4.79 Å². The van der Waals surface area contributed by atoms with Crippen molar-refractivity contribution in [2.45, 2.75) is 70.4 Å². The highest BCUT2D eigenvalue weighted by Gasteiger charge is 2.30. The second kappa shape index (κ2) is 6.05. The third-order valence-electron chi connectivity index (χ3n) is 5.00. The molecule has 2 saturated carbocycles. The number of nitrogens with zero attached hydrogens (tertiary/aromatic N) is 1. The number of carbonyl (C=O) groups excluding carboxylic acids is 1. The Morgan fingerprint density at radius 2 is 1.94 bits per heavy atom. The number of carbonyl (C=O) groups is 1. The molecule has 0 spiro atoms. The average Bonchev–Trinajstić information content (AvgIpc) is 2.74. The first-order valence-corrected chi connectivity index (χ1v) is 7.59. The molecule has 104 valence electrons. The third kappa shape index (κ3) is 3.25. The molecular weight excluding hydrogens is 224 g/mol. The summed E-state index contributed by atoms with van der Waals surface area (Å²) in [6.07, 6.45) is 9.07. The highest BCUT2D eigenvalue weighted by molar-refractivity contribution is 5.76. The number of nitrogens with two attached hydrogens (primary N) is 1. The molecule has 0 radical (unpaired) electrons. The first-order chi connectivity index (χ1) is 8.58. The smallest absolute Gasteiger partial charge is 0.222 e. The number of hydrogen-bond acceptors (Lipinski definition) is 2. The van der Waals surface area contributed by atoms with Crippen LogP contribution >= 0.6 is 0 Å². The van der Waals surface area contributed by atoms with Gasteiger partial charge in [0.2, 0.25) is 5.91 Å². The van der Waals surface area contributed by atoms with Crippen LogP contribution in [-0.4, -0.2) is 29.9 Å². The molecule has 2 N–H and O–H groups in total. The van der Waals surface area contributed by atoms with E-state index in [1.165, 1.54) is 32.1 Å². The lowest BCUT2D eigenvalue weighted by molar-refractivity contribution is -0.133. The lowest BCUT2D eigenvalue weighted by Gasteiger charge is -2.35. The number of rotatable bonds is 3. The third-order valence-corrected chi connectivity index (χ3v) is 5.00. The normalized spacial score (nSPS) is 36.6. The molecule has 0 aliphatic heterocycles. The predicted octanol–water partition coefficient (Wildman–Crippen LogP) is 2.54. The van der Waals surface area contributed by atoms with Gasteiger partial charge in [-0.25, -0.2) is 0 Å². The van der Waals surface area contributed by atoms with Crippen molar-refractivity contribution in [1.82, 2.24) is 4.90 Å². The molecule has 0 aromatic carbocycles. The van der Waals surface area contributed by atoms with Crippen LogP contribution in [0.25, 0.3) is 0 Å². The summed E-state index contributed by atoms with van der Waals surface area (Å²) in [5.41, 5.74) is 6.06. The van der Waals surface area contributed by atoms with Crippen molar-refractivity contribution in [3.8, 4) is 0 Å². The van der Waals surface area contributed by atoms with Crippen LogP contribution in [0.2, 0.25) is 0 Å². The van der Waals surface area contributed by atoms with Crippen molar-refractivity contribution < 1.29 is 4.79 Å². The van der Waals surface area contributed by atoms with E-state index < -0.39 is 0 Å². The summed E-state index contributed by atoms with van der Waals surface area (Å²) in [5, 5.41) is 0. The second-order valence-corrected chi connectivity index (χ2v) is 6.49. The van der Waals surface area contributed by atoms with E-state index in [0.29, 0.717) is 24.3 Å². The lowest BCUT2D eigenvalue weighted by atomic mass is 9.86. The maximum atomic E-state index is 12.3. The largest absolute Gasteiger partial charge is 0.343 e. The standard InChI is InChI=1S/C15H28N2O/c1-11-5-3-7-13(9-11)17(2)15(18)10-12-6-4-8-14(12)16/h11-14H,3-10,16H2,1-2H3/t11?,12-,13?,14+/m0/s1. The molecule has 0 heterocycles. The zero-order valence-corrected chi connectivity index (χ0v) is 11.9. The highest BCUT2D eigenvalue weighted by Crippen LogP contribution is 2.30. The maximum absolute atomic E-state index is 12.3. The molecule has 0 saturated heterocycles. The monoisotopic (exact) mass is 252 g/mol. The van der Waals surface area contributed by atoms with Gasteiger partial charge >= 0.3 is 0 Å². The molecule has 2 aliphatic rings. The molecule has 3 nitrogen and oxygen atoms in total. The number of amides is 1. The average molecular weight is 252 g/mol. The van der Waals surface area contributed by atoms with Crippen molar-refractivity contribution in [1.29, 1.82) is 0 Å². The minimum absolute atomic E-state index is 0.257.